The fourth-order valence-electron chi connectivity index (χ4n) is 1.87. The molecule has 0 radical (unpaired) electrons. The molecule has 1 aromatic rings. The van der Waals surface area contributed by atoms with Gasteiger partial charge in [-0.1, -0.05) is 6.92 Å². The fraction of sp³-hybridized carbons (Fsp3) is 0.636. The number of rotatable bonds is 2. The van der Waals surface area contributed by atoms with E-state index in [9.17, 15) is 5.11 Å². The van der Waals surface area contributed by atoms with Crippen molar-refractivity contribution in [2.45, 2.75) is 24.5 Å². The first-order valence-corrected chi connectivity index (χ1v) is 6.72. The molecular weight excluding hydrogens is 222 g/mol. The maximum atomic E-state index is 9.85. The van der Waals surface area contributed by atoms with Crippen molar-refractivity contribution < 1.29 is 5.11 Å². The first kappa shape index (κ1) is 11.7. The third kappa shape index (κ3) is 2.47. The number of anilines is 1. The van der Waals surface area contributed by atoms with Crippen LogP contribution in [0.5, 0.6) is 0 Å². The predicted molar refractivity (Wildman–Crippen MR) is 65.8 cm³/mol. The number of nitrogens with zero attached hydrogens (tertiary/aromatic N) is 3. The monoisotopic (exact) mass is 239 g/mol. The summed E-state index contributed by atoms with van der Waals surface area (Å²) < 4.78 is 0. The number of thioether (sulfide) groups is 1. The topological polar surface area (TPSA) is 49.2 Å². The fourth-order valence-corrected chi connectivity index (χ4v) is 2.25. The minimum atomic E-state index is -0.249. The van der Waals surface area contributed by atoms with Crippen molar-refractivity contribution in [2.75, 3.05) is 24.2 Å². The average molecular weight is 239 g/mol. The quantitative estimate of drug-likeness (QED) is 0.624. The normalized spacial score (nSPS) is 25.8. The molecule has 0 saturated carbocycles. The molecule has 0 aromatic carbocycles. The molecule has 4 nitrogen and oxygen atoms in total. The Morgan fingerprint density at radius 3 is 3.00 bits per heavy atom. The molecule has 0 spiro atoms. The Morgan fingerprint density at radius 2 is 2.31 bits per heavy atom. The van der Waals surface area contributed by atoms with E-state index in [1.54, 1.807) is 18.1 Å². The zero-order valence-electron chi connectivity index (χ0n) is 9.63. The maximum Gasteiger partial charge on any atom is 0.133 e. The lowest BCUT2D eigenvalue weighted by Gasteiger charge is -2.34. The van der Waals surface area contributed by atoms with Crippen LogP contribution in [0.4, 0.5) is 5.82 Å². The second kappa shape index (κ2) is 5.01. The summed E-state index contributed by atoms with van der Waals surface area (Å²) >= 11 is 1.61. The first-order chi connectivity index (χ1) is 7.70. The lowest BCUT2D eigenvalue weighted by molar-refractivity contribution is 0.102. The van der Waals surface area contributed by atoms with E-state index in [4.69, 9.17) is 0 Å². The standard InChI is InChI=1S/C11H17N3OS/c1-8-3-4-14(6-9(8)15)10-5-11(16-2)13-7-12-10/h5,7-9,15H,3-4,6H2,1-2H3. The maximum absolute atomic E-state index is 9.85. The zero-order valence-corrected chi connectivity index (χ0v) is 10.4. The highest BCUT2D eigenvalue weighted by atomic mass is 32.2. The van der Waals surface area contributed by atoms with Gasteiger partial charge in [0.15, 0.2) is 0 Å². The number of β-amino-alcohol motifs (C(OH)–C–C–N with tert-alkyl or cyclic N) is 1. The Kier molecular flexibility index (Phi) is 3.66. The Morgan fingerprint density at radius 1 is 1.50 bits per heavy atom. The summed E-state index contributed by atoms with van der Waals surface area (Å²) in [5.41, 5.74) is 0. The highest BCUT2D eigenvalue weighted by molar-refractivity contribution is 7.98. The molecule has 1 saturated heterocycles. The van der Waals surface area contributed by atoms with Gasteiger partial charge in [0.25, 0.3) is 0 Å². The highest BCUT2D eigenvalue weighted by Gasteiger charge is 2.25. The molecule has 1 aromatic heterocycles. The van der Waals surface area contributed by atoms with Gasteiger partial charge in [0, 0.05) is 19.2 Å². The van der Waals surface area contributed by atoms with Gasteiger partial charge in [-0.3, -0.25) is 0 Å². The van der Waals surface area contributed by atoms with Crippen LogP contribution in [0, 0.1) is 5.92 Å². The van der Waals surface area contributed by atoms with Gasteiger partial charge in [0.1, 0.15) is 17.2 Å². The second-order valence-electron chi connectivity index (χ2n) is 4.20. The lowest BCUT2D eigenvalue weighted by atomic mass is 9.96. The van der Waals surface area contributed by atoms with E-state index in [1.165, 1.54) is 0 Å². The number of piperidine rings is 1. The summed E-state index contributed by atoms with van der Waals surface area (Å²) in [6, 6.07) is 1.98. The van der Waals surface area contributed by atoms with Crippen molar-refractivity contribution in [2.24, 2.45) is 5.92 Å². The van der Waals surface area contributed by atoms with Crippen LogP contribution >= 0.6 is 11.8 Å². The molecule has 1 aliphatic heterocycles. The molecule has 2 atom stereocenters. The third-order valence-electron chi connectivity index (χ3n) is 3.08. The molecule has 2 unspecified atom stereocenters. The smallest absolute Gasteiger partial charge is 0.133 e. The van der Waals surface area contributed by atoms with Gasteiger partial charge >= 0.3 is 0 Å². The van der Waals surface area contributed by atoms with Gasteiger partial charge in [-0.05, 0) is 18.6 Å². The van der Waals surface area contributed by atoms with Crippen LogP contribution in [0.15, 0.2) is 17.4 Å². The van der Waals surface area contributed by atoms with Crippen LogP contribution in [0.2, 0.25) is 0 Å². The van der Waals surface area contributed by atoms with E-state index in [2.05, 4.69) is 21.8 Å². The first-order valence-electron chi connectivity index (χ1n) is 5.49. The zero-order chi connectivity index (χ0) is 11.5. The van der Waals surface area contributed by atoms with Crippen LogP contribution in [0.1, 0.15) is 13.3 Å². The van der Waals surface area contributed by atoms with Crippen molar-refractivity contribution in [3.8, 4) is 0 Å². The highest BCUT2D eigenvalue weighted by Crippen LogP contribution is 2.23. The Balaban J connectivity index is 2.12. The van der Waals surface area contributed by atoms with E-state index in [0.717, 1.165) is 23.8 Å². The molecular formula is C11H17N3OS. The number of aromatic nitrogens is 2. The summed E-state index contributed by atoms with van der Waals surface area (Å²) in [5.74, 6) is 1.31. The van der Waals surface area contributed by atoms with E-state index in [0.29, 0.717) is 12.5 Å². The van der Waals surface area contributed by atoms with Crippen LogP contribution in [-0.2, 0) is 0 Å². The lowest BCUT2D eigenvalue weighted by Crippen LogP contribution is -2.43. The number of aliphatic hydroxyl groups excluding tert-OH is 1. The van der Waals surface area contributed by atoms with Gasteiger partial charge in [-0.25, -0.2) is 9.97 Å². The summed E-state index contributed by atoms with van der Waals surface area (Å²) in [7, 11) is 0. The van der Waals surface area contributed by atoms with Crippen LogP contribution in [0.3, 0.4) is 0 Å². The number of hydrogen-bond donors (Lipinski definition) is 1. The van der Waals surface area contributed by atoms with Gasteiger partial charge < -0.3 is 10.0 Å². The molecule has 0 aliphatic carbocycles. The Labute approximate surface area is 100 Å². The summed E-state index contributed by atoms with van der Waals surface area (Å²) in [4.78, 5) is 10.5. The van der Waals surface area contributed by atoms with E-state index >= 15 is 0 Å². The van der Waals surface area contributed by atoms with E-state index < -0.39 is 0 Å². The van der Waals surface area contributed by atoms with Crippen molar-refractivity contribution in [1.82, 2.24) is 9.97 Å². The minimum absolute atomic E-state index is 0.249. The second-order valence-corrected chi connectivity index (χ2v) is 5.02. The molecule has 1 aliphatic rings. The van der Waals surface area contributed by atoms with Gasteiger partial charge in [0.05, 0.1) is 6.10 Å². The van der Waals surface area contributed by atoms with Crippen molar-refractivity contribution in [3.63, 3.8) is 0 Å². The van der Waals surface area contributed by atoms with Crippen molar-refractivity contribution in [1.29, 1.82) is 0 Å². The number of aliphatic hydroxyl groups is 1. The largest absolute Gasteiger partial charge is 0.391 e. The van der Waals surface area contributed by atoms with Gasteiger partial charge in [-0.15, -0.1) is 11.8 Å². The number of hydrogen-bond acceptors (Lipinski definition) is 5. The SMILES string of the molecule is CSc1cc(N2CCC(C)C(O)C2)ncn1. The molecule has 5 heteroatoms. The molecule has 0 amide bonds. The molecule has 0 bridgehead atoms. The molecule has 2 heterocycles. The molecule has 16 heavy (non-hydrogen) atoms. The molecule has 1 fully saturated rings. The van der Waals surface area contributed by atoms with Crippen molar-refractivity contribution >= 4 is 17.6 Å². The molecule has 88 valence electrons. The molecule has 2 rings (SSSR count). The average Bonchev–Trinajstić information content (AvgIpc) is 2.33. The van der Waals surface area contributed by atoms with Gasteiger partial charge in [0.2, 0.25) is 0 Å². The van der Waals surface area contributed by atoms with Gasteiger partial charge in [-0.2, -0.15) is 0 Å². The predicted octanol–water partition coefficient (Wildman–Crippen LogP) is 1.41. The van der Waals surface area contributed by atoms with Crippen LogP contribution < -0.4 is 4.90 Å². The minimum Gasteiger partial charge on any atom is -0.391 e. The summed E-state index contributed by atoms with van der Waals surface area (Å²) in [6.45, 7) is 3.73. The van der Waals surface area contributed by atoms with Crippen molar-refractivity contribution in [3.05, 3.63) is 12.4 Å². The van der Waals surface area contributed by atoms with Crippen LogP contribution in [-0.4, -0.2) is 40.5 Å². The molecule has 1 N–H and O–H groups in total. The summed E-state index contributed by atoms with van der Waals surface area (Å²) in [6.07, 6.45) is 4.35. The van der Waals surface area contributed by atoms with Crippen LogP contribution in [0.25, 0.3) is 0 Å². The Hall–Kier alpha value is -0.810. The summed E-state index contributed by atoms with van der Waals surface area (Å²) in [5, 5.41) is 10.8. The third-order valence-corrected chi connectivity index (χ3v) is 3.72. The van der Waals surface area contributed by atoms with E-state index in [1.807, 2.05) is 12.3 Å². The Bertz CT molecular complexity index is 361. The van der Waals surface area contributed by atoms with E-state index in [-0.39, 0.29) is 6.10 Å².